The third-order valence-corrected chi connectivity index (χ3v) is 6.66. The van der Waals surface area contributed by atoms with Crippen LogP contribution in [0.15, 0.2) is 72.8 Å². The van der Waals surface area contributed by atoms with Crippen LogP contribution >= 0.6 is 0 Å². The second-order valence-electron chi connectivity index (χ2n) is 10.2. The molecule has 0 unspecified atom stereocenters. The molecule has 0 bridgehead atoms. The Morgan fingerprint density at radius 3 is 2.43 bits per heavy atom. The van der Waals surface area contributed by atoms with Crippen molar-refractivity contribution in [3.8, 4) is 5.75 Å². The van der Waals surface area contributed by atoms with E-state index >= 15 is 0 Å². The van der Waals surface area contributed by atoms with Gasteiger partial charge in [-0.2, -0.15) is 0 Å². The highest BCUT2D eigenvalue weighted by Gasteiger charge is 2.21. The Labute approximate surface area is 220 Å². The van der Waals surface area contributed by atoms with E-state index in [1.807, 2.05) is 54.3 Å². The van der Waals surface area contributed by atoms with Gasteiger partial charge in [-0.1, -0.05) is 48.5 Å². The largest absolute Gasteiger partial charge is 0.508 e. The van der Waals surface area contributed by atoms with Gasteiger partial charge in [-0.15, -0.1) is 0 Å². The first-order chi connectivity index (χ1) is 17.7. The molecule has 3 rings (SSSR count). The van der Waals surface area contributed by atoms with E-state index in [-0.39, 0.29) is 23.8 Å². The van der Waals surface area contributed by atoms with Crippen LogP contribution < -0.4 is 5.32 Å². The van der Waals surface area contributed by atoms with Crippen LogP contribution in [0.3, 0.4) is 0 Å². The number of amides is 1. The number of nitrogens with one attached hydrogen (secondary N) is 1. The molecule has 0 spiro atoms. The van der Waals surface area contributed by atoms with E-state index < -0.39 is 6.10 Å². The number of aryl methyl sites for hydroxylation is 1. The summed E-state index contributed by atoms with van der Waals surface area (Å²) in [4.78, 5) is 15.1. The average molecular weight is 505 g/mol. The molecule has 0 heterocycles. The molecule has 3 aromatic carbocycles. The molecule has 0 aliphatic rings. The van der Waals surface area contributed by atoms with Crippen molar-refractivity contribution in [1.82, 2.24) is 10.2 Å². The van der Waals surface area contributed by atoms with Crippen LogP contribution in [0.1, 0.15) is 65.9 Å². The van der Waals surface area contributed by atoms with Gasteiger partial charge in [0.2, 0.25) is 0 Å². The van der Waals surface area contributed by atoms with Gasteiger partial charge in [0, 0.05) is 36.3 Å². The molecule has 0 saturated carbocycles. The van der Waals surface area contributed by atoms with E-state index in [1.165, 1.54) is 11.6 Å². The van der Waals surface area contributed by atoms with Crippen molar-refractivity contribution in [2.75, 3.05) is 19.6 Å². The van der Waals surface area contributed by atoms with Crippen LogP contribution in [0.25, 0.3) is 0 Å². The Morgan fingerprint density at radius 2 is 1.73 bits per heavy atom. The zero-order chi connectivity index (χ0) is 26.8. The number of benzene rings is 3. The smallest absolute Gasteiger partial charge is 0.253 e. The van der Waals surface area contributed by atoms with Crippen LogP contribution in [-0.2, 0) is 19.4 Å². The molecule has 4 N–H and O–H groups in total. The van der Waals surface area contributed by atoms with Gasteiger partial charge in [0.15, 0.2) is 0 Å². The molecular formula is C31H40N2O4. The Balaban J connectivity index is 1.57. The number of aromatic hydroxyl groups is 1. The molecule has 0 aliphatic carbocycles. The molecule has 6 nitrogen and oxygen atoms in total. The number of carbonyl (C=O) groups is 1. The first kappa shape index (κ1) is 28.4. The van der Waals surface area contributed by atoms with Gasteiger partial charge >= 0.3 is 0 Å². The van der Waals surface area contributed by atoms with Crippen molar-refractivity contribution in [2.45, 2.75) is 58.3 Å². The highest BCUT2D eigenvalue weighted by atomic mass is 16.3. The minimum atomic E-state index is -0.785. The fourth-order valence-corrected chi connectivity index (χ4v) is 4.52. The van der Waals surface area contributed by atoms with E-state index in [4.69, 9.17) is 0 Å². The SMILES string of the molecule is CCN(CCCc1ccccc1)C(=O)c1cccc(CC(C)(C)NC[C@H](O)c2ccc(O)c(CO)c2)c1. The fourth-order valence-electron chi connectivity index (χ4n) is 4.52. The molecule has 0 radical (unpaired) electrons. The number of hydrogen-bond donors (Lipinski definition) is 4. The predicted molar refractivity (Wildman–Crippen MR) is 148 cm³/mol. The zero-order valence-corrected chi connectivity index (χ0v) is 22.2. The topological polar surface area (TPSA) is 93.0 Å². The van der Waals surface area contributed by atoms with Gasteiger partial charge in [-0.25, -0.2) is 0 Å². The maximum Gasteiger partial charge on any atom is 0.253 e. The van der Waals surface area contributed by atoms with Gasteiger partial charge in [-0.05, 0) is 81.0 Å². The lowest BCUT2D eigenvalue weighted by Gasteiger charge is -2.28. The summed E-state index contributed by atoms with van der Waals surface area (Å²) in [5.74, 6) is 0.0598. The second kappa shape index (κ2) is 13.4. The lowest BCUT2D eigenvalue weighted by atomic mass is 9.93. The number of β-amino-alcohol motifs (C(OH)–C–C–N with tert-alkyl or cyclic N) is 1. The first-order valence-corrected chi connectivity index (χ1v) is 13.0. The number of carbonyl (C=O) groups excluding carboxylic acids is 1. The van der Waals surface area contributed by atoms with E-state index in [0.717, 1.165) is 18.4 Å². The van der Waals surface area contributed by atoms with Gasteiger partial charge in [0.25, 0.3) is 5.91 Å². The van der Waals surface area contributed by atoms with Crippen LogP contribution in [0.4, 0.5) is 0 Å². The van der Waals surface area contributed by atoms with Crippen molar-refractivity contribution in [3.63, 3.8) is 0 Å². The molecule has 1 amide bonds. The lowest BCUT2D eigenvalue weighted by Crippen LogP contribution is -2.43. The van der Waals surface area contributed by atoms with Gasteiger partial charge in [0.1, 0.15) is 5.75 Å². The standard InChI is InChI=1S/C31H40N2O4/c1-4-33(17-9-13-23-10-6-5-7-11-23)30(37)26-14-8-12-24(18-26)20-31(2,3)32-21-29(36)25-15-16-28(35)27(19-25)22-34/h5-8,10-12,14-16,18-19,29,32,34-36H,4,9,13,17,20-22H2,1-3H3/t29-/m0/s1. The summed E-state index contributed by atoms with van der Waals surface area (Å²) in [6, 6.07) is 22.9. The van der Waals surface area contributed by atoms with E-state index in [2.05, 4.69) is 31.3 Å². The van der Waals surface area contributed by atoms with Crippen molar-refractivity contribution in [3.05, 3.63) is 101 Å². The van der Waals surface area contributed by atoms with Crippen molar-refractivity contribution >= 4 is 5.91 Å². The minimum Gasteiger partial charge on any atom is -0.508 e. The Morgan fingerprint density at radius 1 is 1.00 bits per heavy atom. The summed E-state index contributed by atoms with van der Waals surface area (Å²) in [5.41, 5.74) is 3.70. The van der Waals surface area contributed by atoms with E-state index in [9.17, 15) is 20.1 Å². The lowest BCUT2D eigenvalue weighted by molar-refractivity contribution is 0.0762. The highest BCUT2D eigenvalue weighted by molar-refractivity contribution is 5.94. The third-order valence-electron chi connectivity index (χ3n) is 6.66. The van der Waals surface area contributed by atoms with Crippen LogP contribution in [0, 0.1) is 0 Å². The molecule has 0 aromatic heterocycles. The molecule has 0 aliphatic heterocycles. The van der Waals surface area contributed by atoms with Crippen molar-refractivity contribution < 1.29 is 20.1 Å². The summed E-state index contributed by atoms with van der Waals surface area (Å²) in [5, 5.41) is 33.2. The van der Waals surface area contributed by atoms with E-state index in [1.54, 1.807) is 12.1 Å². The molecule has 3 aromatic rings. The summed E-state index contributed by atoms with van der Waals surface area (Å²) < 4.78 is 0. The third kappa shape index (κ3) is 8.42. The Bertz CT molecular complexity index is 1150. The number of rotatable bonds is 13. The average Bonchev–Trinajstić information content (AvgIpc) is 2.90. The molecular weight excluding hydrogens is 464 g/mol. The fraction of sp³-hybridized carbons (Fsp3) is 0.387. The highest BCUT2D eigenvalue weighted by Crippen LogP contribution is 2.23. The molecule has 37 heavy (non-hydrogen) atoms. The van der Waals surface area contributed by atoms with E-state index in [0.29, 0.717) is 42.7 Å². The summed E-state index contributed by atoms with van der Waals surface area (Å²) in [7, 11) is 0. The van der Waals surface area contributed by atoms with Crippen LogP contribution in [0.5, 0.6) is 5.75 Å². The van der Waals surface area contributed by atoms with Gasteiger partial charge < -0.3 is 25.5 Å². The number of aliphatic hydroxyl groups excluding tert-OH is 2. The molecule has 6 heteroatoms. The number of phenols is 1. The first-order valence-electron chi connectivity index (χ1n) is 13.0. The van der Waals surface area contributed by atoms with Crippen molar-refractivity contribution in [2.24, 2.45) is 0 Å². The van der Waals surface area contributed by atoms with Gasteiger partial charge in [-0.3, -0.25) is 4.79 Å². The zero-order valence-electron chi connectivity index (χ0n) is 22.2. The normalized spacial score (nSPS) is 12.4. The quantitative estimate of drug-likeness (QED) is 0.273. The Hall–Kier alpha value is -3.19. The molecule has 198 valence electrons. The molecule has 0 saturated heterocycles. The Kier molecular flexibility index (Phi) is 10.3. The second-order valence-corrected chi connectivity index (χ2v) is 10.2. The molecule has 1 atom stereocenters. The number of nitrogens with zero attached hydrogens (tertiary/aromatic N) is 1. The number of hydrogen-bond acceptors (Lipinski definition) is 5. The summed E-state index contributed by atoms with van der Waals surface area (Å²) >= 11 is 0. The minimum absolute atomic E-state index is 0.0130. The van der Waals surface area contributed by atoms with Crippen molar-refractivity contribution in [1.29, 1.82) is 0 Å². The monoisotopic (exact) mass is 504 g/mol. The summed E-state index contributed by atoms with van der Waals surface area (Å²) in [6.45, 7) is 7.54. The van der Waals surface area contributed by atoms with Crippen LogP contribution in [0.2, 0.25) is 0 Å². The predicted octanol–water partition coefficient (Wildman–Crippen LogP) is 4.62. The van der Waals surface area contributed by atoms with Gasteiger partial charge in [0.05, 0.1) is 12.7 Å². The maximum absolute atomic E-state index is 13.2. The van der Waals surface area contributed by atoms with Crippen LogP contribution in [-0.4, -0.2) is 51.3 Å². The summed E-state index contributed by atoms with van der Waals surface area (Å²) in [6.07, 6.45) is 1.76. The number of aliphatic hydroxyl groups is 2. The maximum atomic E-state index is 13.2. The molecule has 0 fully saturated rings.